The first-order valence-electron chi connectivity index (χ1n) is 8.33. The summed E-state index contributed by atoms with van der Waals surface area (Å²) in [5, 5.41) is 3.77. The van der Waals surface area contributed by atoms with Crippen LogP contribution in [-0.4, -0.2) is 19.2 Å². The van der Waals surface area contributed by atoms with Gasteiger partial charge in [-0.05, 0) is 61.5 Å². The summed E-state index contributed by atoms with van der Waals surface area (Å²) in [4.78, 5) is 0. The molecule has 5 unspecified atom stereocenters. The molecule has 3 aliphatic rings. The summed E-state index contributed by atoms with van der Waals surface area (Å²) in [6.45, 7) is 1.77. The Morgan fingerprint density at radius 1 is 1.00 bits per heavy atom. The van der Waals surface area contributed by atoms with Gasteiger partial charge in [-0.2, -0.15) is 0 Å². The molecule has 1 aromatic rings. The van der Waals surface area contributed by atoms with Gasteiger partial charge in [-0.1, -0.05) is 24.6 Å². The van der Waals surface area contributed by atoms with E-state index in [1.807, 2.05) is 30.3 Å². The molecular formula is C18H25NO. The second-order valence-corrected chi connectivity index (χ2v) is 6.88. The number of nitrogens with one attached hydrogen (secondary N) is 1. The fraction of sp³-hybridized carbons (Fsp3) is 0.667. The van der Waals surface area contributed by atoms with Crippen LogP contribution in [0.25, 0.3) is 0 Å². The summed E-state index contributed by atoms with van der Waals surface area (Å²) in [5.74, 6) is 5.15. The van der Waals surface area contributed by atoms with Crippen molar-refractivity contribution in [1.29, 1.82) is 0 Å². The van der Waals surface area contributed by atoms with Crippen LogP contribution < -0.4 is 10.1 Å². The lowest BCUT2D eigenvalue weighted by molar-refractivity contribution is 0.200. The van der Waals surface area contributed by atoms with Gasteiger partial charge in [-0.25, -0.2) is 0 Å². The third-order valence-electron chi connectivity index (χ3n) is 5.95. The van der Waals surface area contributed by atoms with E-state index in [1.165, 1.54) is 32.1 Å². The number of hydrogen-bond acceptors (Lipinski definition) is 2. The normalized spacial score (nSPS) is 38.1. The number of para-hydroxylation sites is 1. The molecule has 3 aliphatic carbocycles. The van der Waals surface area contributed by atoms with Crippen LogP contribution in [0, 0.1) is 23.7 Å². The summed E-state index contributed by atoms with van der Waals surface area (Å²) in [6.07, 6.45) is 7.45. The Bertz CT molecular complexity index is 446. The molecule has 0 heterocycles. The van der Waals surface area contributed by atoms with E-state index in [1.54, 1.807) is 0 Å². The summed E-state index contributed by atoms with van der Waals surface area (Å²) in [5.41, 5.74) is 0. The molecule has 2 bridgehead atoms. The Labute approximate surface area is 121 Å². The summed E-state index contributed by atoms with van der Waals surface area (Å²) in [7, 11) is 0. The molecule has 20 heavy (non-hydrogen) atoms. The first-order valence-corrected chi connectivity index (χ1v) is 8.33. The van der Waals surface area contributed by atoms with Crippen LogP contribution in [0.3, 0.4) is 0 Å². The van der Waals surface area contributed by atoms with Gasteiger partial charge in [0.2, 0.25) is 0 Å². The molecule has 0 aromatic heterocycles. The van der Waals surface area contributed by atoms with Crippen molar-refractivity contribution in [1.82, 2.24) is 5.32 Å². The first kappa shape index (κ1) is 12.7. The van der Waals surface area contributed by atoms with Crippen molar-refractivity contribution in [3.05, 3.63) is 30.3 Å². The Kier molecular flexibility index (Phi) is 3.43. The van der Waals surface area contributed by atoms with Gasteiger partial charge in [-0.15, -0.1) is 0 Å². The quantitative estimate of drug-likeness (QED) is 0.828. The van der Waals surface area contributed by atoms with E-state index in [4.69, 9.17) is 4.74 Å². The molecule has 1 aromatic carbocycles. The molecule has 5 atom stereocenters. The molecular weight excluding hydrogens is 246 g/mol. The van der Waals surface area contributed by atoms with Gasteiger partial charge in [0.05, 0.1) is 0 Å². The maximum absolute atomic E-state index is 5.77. The monoisotopic (exact) mass is 271 g/mol. The van der Waals surface area contributed by atoms with E-state index in [-0.39, 0.29) is 0 Å². The zero-order valence-corrected chi connectivity index (χ0v) is 12.1. The standard InChI is InChI=1S/C18H25NO/c1-2-5-14(6-3-1)20-10-9-19-18-12-13-11-17(18)16-8-4-7-15(13)16/h1-3,5-6,13,15-19H,4,7-12H2. The Morgan fingerprint density at radius 2 is 1.85 bits per heavy atom. The molecule has 0 amide bonds. The van der Waals surface area contributed by atoms with Crippen molar-refractivity contribution in [2.45, 2.75) is 38.1 Å². The zero-order chi connectivity index (χ0) is 13.4. The van der Waals surface area contributed by atoms with Crippen LogP contribution in [-0.2, 0) is 0 Å². The molecule has 0 saturated heterocycles. The fourth-order valence-electron chi connectivity index (χ4n) is 5.23. The minimum atomic E-state index is 0.777. The molecule has 0 radical (unpaired) electrons. The van der Waals surface area contributed by atoms with E-state index in [9.17, 15) is 0 Å². The maximum Gasteiger partial charge on any atom is 0.119 e. The highest BCUT2D eigenvalue weighted by molar-refractivity contribution is 5.20. The Balaban J connectivity index is 1.23. The smallest absolute Gasteiger partial charge is 0.119 e. The zero-order valence-electron chi connectivity index (χ0n) is 12.1. The molecule has 1 N–H and O–H groups in total. The lowest BCUT2D eigenvalue weighted by Gasteiger charge is -2.32. The van der Waals surface area contributed by atoms with Gasteiger partial charge < -0.3 is 10.1 Å². The van der Waals surface area contributed by atoms with Gasteiger partial charge in [-0.3, -0.25) is 0 Å². The number of ether oxygens (including phenoxy) is 1. The number of benzene rings is 1. The van der Waals surface area contributed by atoms with Crippen LogP contribution in [0.1, 0.15) is 32.1 Å². The average molecular weight is 271 g/mol. The topological polar surface area (TPSA) is 21.3 Å². The van der Waals surface area contributed by atoms with Crippen LogP contribution in [0.4, 0.5) is 0 Å². The third-order valence-corrected chi connectivity index (χ3v) is 5.95. The van der Waals surface area contributed by atoms with Crippen molar-refractivity contribution >= 4 is 0 Å². The lowest BCUT2D eigenvalue weighted by Crippen LogP contribution is -2.41. The SMILES string of the molecule is c1ccc(OCCNC2CC3CC2C2CCCC32)cc1. The molecule has 0 aliphatic heterocycles. The molecule has 2 heteroatoms. The number of rotatable bonds is 5. The van der Waals surface area contributed by atoms with E-state index < -0.39 is 0 Å². The van der Waals surface area contributed by atoms with Crippen molar-refractivity contribution in [3.8, 4) is 5.75 Å². The average Bonchev–Trinajstić information content (AvgIpc) is 3.17. The molecule has 4 rings (SSSR count). The highest BCUT2D eigenvalue weighted by Gasteiger charge is 2.53. The predicted octanol–water partition coefficient (Wildman–Crippen LogP) is 3.48. The number of hydrogen-bond donors (Lipinski definition) is 1. The highest BCUT2D eigenvalue weighted by Crippen LogP contribution is 2.58. The summed E-state index contributed by atoms with van der Waals surface area (Å²) >= 11 is 0. The Hall–Kier alpha value is -1.02. The minimum Gasteiger partial charge on any atom is -0.492 e. The van der Waals surface area contributed by atoms with Gasteiger partial charge in [0.25, 0.3) is 0 Å². The highest BCUT2D eigenvalue weighted by atomic mass is 16.5. The fourth-order valence-corrected chi connectivity index (χ4v) is 5.23. The second-order valence-electron chi connectivity index (χ2n) is 6.88. The summed E-state index contributed by atoms with van der Waals surface area (Å²) < 4.78 is 5.77. The second kappa shape index (κ2) is 5.40. The molecule has 0 spiro atoms. The van der Waals surface area contributed by atoms with E-state index in [0.29, 0.717) is 0 Å². The van der Waals surface area contributed by atoms with E-state index in [2.05, 4.69) is 5.32 Å². The van der Waals surface area contributed by atoms with Gasteiger partial charge in [0.15, 0.2) is 0 Å². The van der Waals surface area contributed by atoms with Crippen LogP contribution in [0.5, 0.6) is 5.75 Å². The van der Waals surface area contributed by atoms with Gasteiger partial charge >= 0.3 is 0 Å². The van der Waals surface area contributed by atoms with Gasteiger partial charge in [0.1, 0.15) is 12.4 Å². The maximum atomic E-state index is 5.77. The lowest BCUT2D eigenvalue weighted by atomic mass is 9.79. The Morgan fingerprint density at radius 3 is 2.75 bits per heavy atom. The third kappa shape index (κ3) is 2.24. The van der Waals surface area contributed by atoms with Gasteiger partial charge in [0, 0.05) is 12.6 Å². The van der Waals surface area contributed by atoms with E-state index >= 15 is 0 Å². The largest absolute Gasteiger partial charge is 0.492 e. The molecule has 3 fully saturated rings. The number of fused-ring (bicyclic) bond motifs is 5. The molecule has 108 valence electrons. The van der Waals surface area contributed by atoms with Crippen molar-refractivity contribution in [3.63, 3.8) is 0 Å². The van der Waals surface area contributed by atoms with Crippen LogP contribution >= 0.6 is 0 Å². The first-order chi connectivity index (χ1) is 9.92. The molecule has 2 nitrogen and oxygen atoms in total. The van der Waals surface area contributed by atoms with Crippen LogP contribution in [0.15, 0.2) is 30.3 Å². The predicted molar refractivity (Wildman–Crippen MR) is 80.8 cm³/mol. The van der Waals surface area contributed by atoms with Crippen molar-refractivity contribution < 1.29 is 4.74 Å². The van der Waals surface area contributed by atoms with Crippen molar-refractivity contribution in [2.24, 2.45) is 23.7 Å². The molecule has 3 saturated carbocycles. The summed E-state index contributed by atoms with van der Waals surface area (Å²) in [6, 6.07) is 10.9. The van der Waals surface area contributed by atoms with Crippen molar-refractivity contribution in [2.75, 3.05) is 13.2 Å². The minimum absolute atomic E-state index is 0.777. The van der Waals surface area contributed by atoms with Crippen LogP contribution in [0.2, 0.25) is 0 Å². The van der Waals surface area contributed by atoms with E-state index in [0.717, 1.165) is 48.6 Å².